The standard InChI is InChI=1S/C15H20N4O3/c1-11-4-5-16-14(17-11)10-21-9-13-8-12(2)18-15(19-13)22-7-6-20-3/h4-5,8H,6-7,9-10H2,1-3H3. The van der Waals surface area contributed by atoms with Crippen molar-refractivity contribution in [2.75, 3.05) is 20.3 Å². The van der Waals surface area contributed by atoms with Gasteiger partial charge in [0, 0.05) is 24.7 Å². The van der Waals surface area contributed by atoms with Gasteiger partial charge in [-0.05, 0) is 26.0 Å². The van der Waals surface area contributed by atoms with Crippen molar-refractivity contribution in [1.82, 2.24) is 19.9 Å². The number of hydrogen-bond acceptors (Lipinski definition) is 7. The monoisotopic (exact) mass is 304 g/mol. The molecule has 22 heavy (non-hydrogen) atoms. The van der Waals surface area contributed by atoms with Crippen LogP contribution in [0.15, 0.2) is 18.3 Å². The number of hydrogen-bond donors (Lipinski definition) is 0. The molecule has 2 heterocycles. The molecule has 0 saturated carbocycles. The summed E-state index contributed by atoms with van der Waals surface area (Å²) in [6.07, 6.45) is 1.72. The fourth-order valence-corrected chi connectivity index (χ4v) is 1.78. The van der Waals surface area contributed by atoms with Gasteiger partial charge in [-0.3, -0.25) is 0 Å². The largest absolute Gasteiger partial charge is 0.461 e. The Kier molecular flexibility index (Phi) is 6.17. The van der Waals surface area contributed by atoms with Gasteiger partial charge in [0.2, 0.25) is 0 Å². The van der Waals surface area contributed by atoms with Gasteiger partial charge >= 0.3 is 6.01 Å². The zero-order chi connectivity index (χ0) is 15.8. The molecular formula is C15H20N4O3. The zero-order valence-corrected chi connectivity index (χ0v) is 13.1. The summed E-state index contributed by atoms with van der Waals surface area (Å²) in [7, 11) is 1.62. The van der Waals surface area contributed by atoms with Crippen LogP contribution >= 0.6 is 0 Å². The maximum atomic E-state index is 5.60. The molecule has 0 fully saturated rings. The normalized spacial score (nSPS) is 10.7. The third-order valence-electron chi connectivity index (χ3n) is 2.73. The van der Waals surface area contributed by atoms with Crippen LogP contribution in [0.5, 0.6) is 6.01 Å². The zero-order valence-electron chi connectivity index (χ0n) is 13.1. The Hall–Kier alpha value is -2.12. The van der Waals surface area contributed by atoms with Gasteiger partial charge in [0.05, 0.1) is 18.9 Å². The summed E-state index contributed by atoms with van der Waals surface area (Å²) >= 11 is 0. The quantitative estimate of drug-likeness (QED) is 0.686. The average Bonchev–Trinajstić information content (AvgIpc) is 2.47. The van der Waals surface area contributed by atoms with Crippen molar-refractivity contribution in [3.05, 3.63) is 41.2 Å². The third-order valence-corrected chi connectivity index (χ3v) is 2.73. The molecule has 0 aliphatic rings. The third kappa shape index (κ3) is 5.34. The summed E-state index contributed by atoms with van der Waals surface area (Å²) < 4.78 is 16.0. The average molecular weight is 304 g/mol. The molecule has 0 N–H and O–H groups in total. The molecule has 0 saturated heterocycles. The number of nitrogens with zero attached hydrogens (tertiary/aromatic N) is 4. The molecule has 0 atom stereocenters. The minimum absolute atomic E-state index is 0.336. The van der Waals surface area contributed by atoms with E-state index < -0.39 is 0 Å². The van der Waals surface area contributed by atoms with E-state index >= 15 is 0 Å². The fraction of sp³-hybridized carbons (Fsp3) is 0.467. The van der Waals surface area contributed by atoms with Gasteiger partial charge in [0.1, 0.15) is 13.2 Å². The first kappa shape index (κ1) is 16.3. The molecule has 0 bridgehead atoms. The number of rotatable bonds is 8. The summed E-state index contributed by atoms with van der Waals surface area (Å²) in [4.78, 5) is 16.9. The second-order valence-electron chi connectivity index (χ2n) is 4.73. The summed E-state index contributed by atoms with van der Waals surface area (Å²) in [5, 5.41) is 0. The second kappa shape index (κ2) is 8.35. The van der Waals surface area contributed by atoms with Gasteiger partial charge in [0.15, 0.2) is 5.82 Å². The highest BCUT2D eigenvalue weighted by atomic mass is 16.5. The van der Waals surface area contributed by atoms with E-state index in [4.69, 9.17) is 14.2 Å². The molecule has 0 aliphatic carbocycles. The van der Waals surface area contributed by atoms with Gasteiger partial charge in [-0.25, -0.2) is 15.0 Å². The molecule has 7 nitrogen and oxygen atoms in total. The van der Waals surface area contributed by atoms with Crippen LogP contribution in [0.25, 0.3) is 0 Å². The molecule has 0 unspecified atom stereocenters. The molecule has 2 aromatic rings. The molecule has 0 aromatic carbocycles. The first-order chi connectivity index (χ1) is 10.7. The van der Waals surface area contributed by atoms with E-state index in [1.54, 1.807) is 13.3 Å². The second-order valence-corrected chi connectivity index (χ2v) is 4.73. The molecule has 0 amide bonds. The van der Waals surface area contributed by atoms with Crippen molar-refractivity contribution in [2.24, 2.45) is 0 Å². The van der Waals surface area contributed by atoms with Gasteiger partial charge < -0.3 is 14.2 Å². The SMILES string of the molecule is COCCOc1nc(C)cc(COCc2nccc(C)n2)n1. The Balaban J connectivity index is 1.89. The minimum Gasteiger partial charge on any atom is -0.461 e. The first-order valence-corrected chi connectivity index (χ1v) is 7.00. The molecule has 2 aromatic heterocycles. The minimum atomic E-state index is 0.336. The topological polar surface area (TPSA) is 79.2 Å². The van der Waals surface area contributed by atoms with E-state index in [1.165, 1.54) is 0 Å². The predicted molar refractivity (Wildman–Crippen MR) is 79.4 cm³/mol. The summed E-state index contributed by atoms with van der Waals surface area (Å²) in [6, 6.07) is 4.05. The van der Waals surface area contributed by atoms with Gasteiger partial charge in [-0.15, -0.1) is 0 Å². The lowest BCUT2D eigenvalue weighted by molar-refractivity contribution is 0.0976. The molecular weight excluding hydrogens is 284 g/mol. The molecule has 7 heteroatoms. The van der Waals surface area contributed by atoms with Crippen molar-refractivity contribution in [3.63, 3.8) is 0 Å². The molecule has 0 radical (unpaired) electrons. The number of methoxy groups -OCH3 is 1. The predicted octanol–water partition coefficient (Wildman–Crippen LogP) is 1.63. The van der Waals surface area contributed by atoms with Crippen LogP contribution < -0.4 is 4.74 Å². The lowest BCUT2D eigenvalue weighted by atomic mass is 10.3. The number of ether oxygens (including phenoxy) is 3. The van der Waals surface area contributed by atoms with E-state index in [9.17, 15) is 0 Å². The van der Waals surface area contributed by atoms with Crippen LogP contribution in [0.3, 0.4) is 0 Å². The van der Waals surface area contributed by atoms with Crippen molar-refractivity contribution < 1.29 is 14.2 Å². The smallest absolute Gasteiger partial charge is 0.316 e. The van der Waals surface area contributed by atoms with Gasteiger partial charge in [0.25, 0.3) is 0 Å². The lowest BCUT2D eigenvalue weighted by Crippen LogP contribution is -2.09. The van der Waals surface area contributed by atoms with Crippen molar-refractivity contribution >= 4 is 0 Å². The summed E-state index contributed by atoms with van der Waals surface area (Å²) in [5.41, 5.74) is 2.50. The summed E-state index contributed by atoms with van der Waals surface area (Å²) in [6.45, 7) is 5.40. The Labute approximate surface area is 129 Å². The van der Waals surface area contributed by atoms with Crippen molar-refractivity contribution in [3.8, 4) is 6.01 Å². The highest BCUT2D eigenvalue weighted by molar-refractivity contribution is 5.12. The maximum Gasteiger partial charge on any atom is 0.316 e. The van der Waals surface area contributed by atoms with Crippen LogP contribution in [-0.4, -0.2) is 40.3 Å². The highest BCUT2D eigenvalue weighted by Gasteiger charge is 2.05. The van der Waals surface area contributed by atoms with E-state index in [-0.39, 0.29) is 0 Å². The summed E-state index contributed by atoms with van der Waals surface area (Å²) in [5.74, 6) is 0.655. The first-order valence-electron chi connectivity index (χ1n) is 7.00. The van der Waals surface area contributed by atoms with Crippen LogP contribution in [0.1, 0.15) is 22.9 Å². The van der Waals surface area contributed by atoms with E-state index in [0.29, 0.717) is 38.3 Å². The Bertz CT molecular complexity index is 607. The highest BCUT2D eigenvalue weighted by Crippen LogP contribution is 2.09. The number of aryl methyl sites for hydroxylation is 2. The lowest BCUT2D eigenvalue weighted by Gasteiger charge is -2.08. The molecule has 118 valence electrons. The number of aromatic nitrogens is 4. The van der Waals surface area contributed by atoms with E-state index in [0.717, 1.165) is 17.1 Å². The van der Waals surface area contributed by atoms with E-state index in [2.05, 4.69) is 19.9 Å². The van der Waals surface area contributed by atoms with Crippen LogP contribution in [0.4, 0.5) is 0 Å². The van der Waals surface area contributed by atoms with Gasteiger partial charge in [-0.2, -0.15) is 4.98 Å². The fourth-order valence-electron chi connectivity index (χ4n) is 1.78. The molecule has 2 rings (SSSR count). The van der Waals surface area contributed by atoms with Crippen LogP contribution in [-0.2, 0) is 22.7 Å². The van der Waals surface area contributed by atoms with Crippen LogP contribution in [0.2, 0.25) is 0 Å². The Morgan fingerprint density at radius 3 is 2.64 bits per heavy atom. The van der Waals surface area contributed by atoms with Crippen LogP contribution in [0, 0.1) is 13.8 Å². The van der Waals surface area contributed by atoms with E-state index in [1.807, 2.05) is 26.0 Å². The van der Waals surface area contributed by atoms with Crippen molar-refractivity contribution in [2.45, 2.75) is 27.1 Å². The molecule has 0 aliphatic heterocycles. The van der Waals surface area contributed by atoms with Gasteiger partial charge in [-0.1, -0.05) is 0 Å². The van der Waals surface area contributed by atoms with Crippen molar-refractivity contribution in [1.29, 1.82) is 0 Å². The maximum absolute atomic E-state index is 5.60. The molecule has 0 spiro atoms. The Morgan fingerprint density at radius 1 is 1.00 bits per heavy atom. The Morgan fingerprint density at radius 2 is 1.86 bits per heavy atom.